The van der Waals surface area contributed by atoms with Gasteiger partial charge in [0.05, 0.1) is 22.8 Å². The summed E-state index contributed by atoms with van der Waals surface area (Å²) in [7, 11) is 0. The molecule has 2 N–H and O–H groups in total. The second-order valence-corrected chi connectivity index (χ2v) is 7.03. The molecule has 0 aliphatic heterocycles. The average molecular weight is 417 g/mol. The summed E-state index contributed by atoms with van der Waals surface area (Å²) >= 11 is 12.4. The van der Waals surface area contributed by atoms with Crippen LogP contribution in [-0.2, 0) is 19.5 Å². The van der Waals surface area contributed by atoms with Gasteiger partial charge in [0.2, 0.25) is 0 Å². The largest absolute Gasteiger partial charge is 0.478 e. The van der Waals surface area contributed by atoms with Gasteiger partial charge >= 0.3 is 5.97 Å². The highest BCUT2D eigenvalue weighted by molar-refractivity contribution is 6.34. The van der Waals surface area contributed by atoms with Crippen LogP contribution in [0.1, 0.15) is 21.6 Å². The summed E-state index contributed by atoms with van der Waals surface area (Å²) in [5.74, 6) is -0.973. The lowest BCUT2D eigenvalue weighted by atomic mass is 10.1. The molecule has 0 spiro atoms. The number of rotatable bonds is 7. The van der Waals surface area contributed by atoms with Gasteiger partial charge in [0, 0.05) is 12.2 Å². The number of nitrogens with one attached hydrogen (secondary N) is 1. The Morgan fingerprint density at radius 3 is 2.32 bits per heavy atom. The van der Waals surface area contributed by atoms with E-state index < -0.39 is 5.97 Å². The van der Waals surface area contributed by atoms with E-state index in [1.165, 1.54) is 6.07 Å². The Morgan fingerprint density at radius 1 is 1.00 bits per heavy atom. The summed E-state index contributed by atoms with van der Waals surface area (Å²) in [5, 5.41) is 12.7. The normalized spacial score (nSPS) is 10.6. The Labute approximate surface area is 172 Å². The molecule has 0 fully saturated rings. The van der Waals surface area contributed by atoms with Crippen LogP contribution >= 0.6 is 23.2 Å². The zero-order valence-corrected chi connectivity index (χ0v) is 16.4. The summed E-state index contributed by atoms with van der Waals surface area (Å²) in [4.78, 5) is 23.5. The summed E-state index contributed by atoms with van der Waals surface area (Å²) in [6.45, 7) is 0.741. The number of hydrogen-bond acceptors (Lipinski definition) is 3. The van der Waals surface area contributed by atoms with Crippen molar-refractivity contribution in [3.05, 3.63) is 97.9 Å². The first kappa shape index (κ1) is 20.0. The number of aromatic carboxylic acids is 1. The zero-order valence-electron chi connectivity index (χ0n) is 14.9. The molecule has 0 amide bonds. The minimum Gasteiger partial charge on any atom is -0.478 e. The second-order valence-electron chi connectivity index (χ2n) is 6.22. The highest BCUT2D eigenvalue weighted by atomic mass is 35.5. The van der Waals surface area contributed by atoms with E-state index in [0.717, 1.165) is 11.3 Å². The monoisotopic (exact) mass is 416 g/mol. The van der Waals surface area contributed by atoms with E-state index in [4.69, 9.17) is 28.3 Å². The number of aryl methyl sites for hydroxylation is 1. The van der Waals surface area contributed by atoms with Crippen molar-refractivity contribution in [2.24, 2.45) is 0 Å². The van der Waals surface area contributed by atoms with E-state index in [9.17, 15) is 9.59 Å². The van der Waals surface area contributed by atoms with Crippen molar-refractivity contribution in [1.29, 1.82) is 0 Å². The molecule has 1 heterocycles. The fourth-order valence-corrected chi connectivity index (χ4v) is 3.39. The molecule has 0 radical (unpaired) electrons. The molecule has 28 heavy (non-hydrogen) atoms. The summed E-state index contributed by atoms with van der Waals surface area (Å²) in [6.07, 6.45) is 0.537. The van der Waals surface area contributed by atoms with Crippen molar-refractivity contribution in [2.45, 2.75) is 19.5 Å². The molecule has 0 atom stereocenters. The van der Waals surface area contributed by atoms with Crippen LogP contribution in [0.5, 0.6) is 0 Å². The number of para-hydroxylation sites is 1. The molecular formula is C21H18Cl2N2O3. The molecule has 0 saturated heterocycles. The summed E-state index contributed by atoms with van der Waals surface area (Å²) in [6, 6.07) is 17.6. The Morgan fingerprint density at radius 2 is 1.68 bits per heavy atom. The van der Waals surface area contributed by atoms with Gasteiger partial charge in [-0.25, -0.2) is 4.79 Å². The predicted molar refractivity (Wildman–Crippen MR) is 112 cm³/mol. The number of anilines is 1. The Hall–Kier alpha value is -2.76. The van der Waals surface area contributed by atoms with Gasteiger partial charge in [-0.15, -0.1) is 0 Å². The minimum atomic E-state index is -0.973. The Kier molecular flexibility index (Phi) is 6.39. The van der Waals surface area contributed by atoms with E-state index in [1.54, 1.807) is 28.8 Å². The van der Waals surface area contributed by atoms with Gasteiger partial charge in [0.1, 0.15) is 5.02 Å². The van der Waals surface area contributed by atoms with E-state index in [0.29, 0.717) is 30.2 Å². The number of aromatic nitrogens is 1. The summed E-state index contributed by atoms with van der Waals surface area (Å²) in [5.41, 5.74) is 2.38. The fourth-order valence-electron chi connectivity index (χ4n) is 2.85. The number of carbonyl (C=O) groups is 1. The standard InChI is InChI=1S/C21H18Cl2N2O3/c22-17-12-18(23)20(26)25(19(17)13-24-16-4-2-1-3-5-16)11-10-14-6-8-15(9-7-14)21(27)28/h1-9,12,24H,10-11,13H2,(H,27,28). The number of carboxylic acid groups (broad SMARTS) is 1. The van der Waals surface area contributed by atoms with Crippen molar-refractivity contribution in [2.75, 3.05) is 5.32 Å². The van der Waals surface area contributed by atoms with Crippen molar-refractivity contribution in [3.8, 4) is 0 Å². The molecule has 1 aromatic heterocycles. The third-order valence-electron chi connectivity index (χ3n) is 4.36. The topological polar surface area (TPSA) is 71.3 Å². The zero-order chi connectivity index (χ0) is 20.1. The van der Waals surface area contributed by atoms with Crippen LogP contribution in [0.4, 0.5) is 5.69 Å². The number of pyridine rings is 1. The molecule has 5 nitrogen and oxygen atoms in total. The number of halogens is 2. The van der Waals surface area contributed by atoms with Gasteiger partial charge in [0.25, 0.3) is 5.56 Å². The average Bonchev–Trinajstić information content (AvgIpc) is 2.70. The smallest absolute Gasteiger partial charge is 0.335 e. The molecular weight excluding hydrogens is 399 g/mol. The van der Waals surface area contributed by atoms with Gasteiger partial charge in [-0.05, 0) is 42.3 Å². The van der Waals surface area contributed by atoms with Crippen LogP contribution in [0.15, 0.2) is 65.5 Å². The lowest BCUT2D eigenvalue weighted by molar-refractivity contribution is 0.0697. The molecule has 3 aromatic rings. The first-order chi connectivity index (χ1) is 13.5. The molecule has 0 aliphatic rings. The number of hydrogen-bond donors (Lipinski definition) is 2. The minimum absolute atomic E-state index is 0.0645. The highest BCUT2D eigenvalue weighted by Gasteiger charge is 2.13. The molecule has 0 unspecified atom stereocenters. The quantitative estimate of drug-likeness (QED) is 0.584. The van der Waals surface area contributed by atoms with Crippen molar-refractivity contribution in [3.63, 3.8) is 0 Å². The third-order valence-corrected chi connectivity index (χ3v) is 4.96. The first-order valence-electron chi connectivity index (χ1n) is 8.64. The van der Waals surface area contributed by atoms with E-state index in [2.05, 4.69) is 5.32 Å². The predicted octanol–water partition coefficient (Wildman–Crippen LogP) is 4.71. The van der Waals surface area contributed by atoms with E-state index in [-0.39, 0.29) is 16.1 Å². The number of benzene rings is 2. The van der Waals surface area contributed by atoms with Crippen LogP contribution in [0.25, 0.3) is 0 Å². The van der Waals surface area contributed by atoms with Gasteiger partial charge in [-0.2, -0.15) is 0 Å². The van der Waals surface area contributed by atoms with Gasteiger partial charge in [-0.1, -0.05) is 53.5 Å². The van der Waals surface area contributed by atoms with E-state index >= 15 is 0 Å². The van der Waals surface area contributed by atoms with Crippen LogP contribution in [0.3, 0.4) is 0 Å². The Balaban J connectivity index is 1.82. The van der Waals surface area contributed by atoms with Gasteiger partial charge in [-0.3, -0.25) is 4.79 Å². The number of nitrogens with zero attached hydrogens (tertiary/aromatic N) is 1. The number of carboxylic acids is 1. The van der Waals surface area contributed by atoms with Crippen molar-refractivity contribution in [1.82, 2.24) is 4.57 Å². The van der Waals surface area contributed by atoms with Crippen LogP contribution in [0.2, 0.25) is 10.0 Å². The molecule has 0 bridgehead atoms. The molecule has 0 aliphatic carbocycles. The lowest BCUT2D eigenvalue weighted by Gasteiger charge is -2.16. The third kappa shape index (κ3) is 4.74. The fraction of sp³-hybridized carbons (Fsp3) is 0.143. The maximum absolute atomic E-state index is 12.6. The Bertz CT molecular complexity index is 1030. The van der Waals surface area contributed by atoms with E-state index in [1.807, 2.05) is 30.3 Å². The van der Waals surface area contributed by atoms with Crippen molar-refractivity contribution >= 4 is 34.9 Å². The van der Waals surface area contributed by atoms with Gasteiger partial charge in [0.15, 0.2) is 0 Å². The van der Waals surface area contributed by atoms with Crippen LogP contribution in [0, 0.1) is 0 Å². The van der Waals surface area contributed by atoms with Crippen molar-refractivity contribution < 1.29 is 9.90 Å². The molecule has 7 heteroatoms. The maximum atomic E-state index is 12.6. The first-order valence-corrected chi connectivity index (χ1v) is 9.40. The lowest BCUT2D eigenvalue weighted by Crippen LogP contribution is -2.26. The SMILES string of the molecule is O=C(O)c1ccc(CCn2c(CNc3ccccc3)c(Cl)cc(Cl)c2=O)cc1. The second kappa shape index (κ2) is 8.95. The van der Waals surface area contributed by atoms with Crippen LogP contribution < -0.4 is 10.9 Å². The maximum Gasteiger partial charge on any atom is 0.335 e. The highest BCUT2D eigenvalue weighted by Crippen LogP contribution is 2.20. The van der Waals surface area contributed by atoms with Gasteiger partial charge < -0.3 is 15.0 Å². The molecule has 144 valence electrons. The molecule has 2 aromatic carbocycles. The molecule has 0 saturated carbocycles. The summed E-state index contributed by atoms with van der Waals surface area (Å²) < 4.78 is 1.56. The molecule has 3 rings (SSSR count). The van der Waals surface area contributed by atoms with Crippen LogP contribution in [-0.4, -0.2) is 15.6 Å².